The second-order valence-electron chi connectivity index (χ2n) is 6.37. The molecule has 8 heteroatoms. The minimum absolute atomic E-state index is 0.0221. The van der Waals surface area contributed by atoms with E-state index in [4.69, 9.17) is 16.7 Å². The van der Waals surface area contributed by atoms with Crippen LogP contribution in [-0.4, -0.2) is 65.1 Å². The van der Waals surface area contributed by atoms with Gasteiger partial charge in [-0.25, -0.2) is 0 Å². The first-order chi connectivity index (χ1) is 12.4. The van der Waals surface area contributed by atoms with Gasteiger partial charge in [-0.05, 0) is 30.5 Å². The smallest absolute Gasteiger partial charge is 0.306 e. The first-order valence-electron chi connectivity index (χ1n) is 8.43. The van der Waals surface area contributed by atoms with Crippen molar-refractivity contribution < 1.29 is 19.5 Å². The first-order valence-corrected chi connectivity index (χ1v) is 9.97. The van der Waals surface area contributed by atoms with Crippen molar-refractivity contribution in [2.24, 2.45) is 5.92 Å². The minimum Gasteiger partial charge on any atom is -0.481 e. The number of hydrogen-bond acceptors (Lipinski definition) is 4. The summed E-state index contributed by atoms with van der Waals surface area (Å²) in [7, 11) is 1.62. The molecule has 1 N–H and O–H groups in total. The molecular weight excluding hydrogens is 376 g/mol. The van der Waals surface area contributed by atoms with Crippen molar-refractivity contribution in [2.75, 3.05) is 32.4 Å². The fraction of sp³-hybridized carbons (Fsp3) is 0.500. The molecule has 0 unspecified atom stereocenters. The molecule has 1 heterocycles. The molecule has 0 aliphatic carbocycles. The molecule has 142 valence electrons. The van der Waals surface area contributed by atoms with Crippen LogP contribution in [0.15, 0.2) is 24.3 Å². The highest BCUT2D eigenvalue weighted by Crippen LogP contribution is 2.18. The highest BCUT2D eigenvalue weighted by atomic mass is 35.5. The molecule has 0 aromatic heterocycles. The van der Waals surface area contributed by atoms with E-state index in [9.17, 15) is 14.4 Å². The Balaban J connectivity index is 1.71. The van der Waals surface area contributed by atoms with E-state index in [0.717, 1.165) is 5.56 Å². The summed E-state index contributed by atoms with van der Waals surface area (Å²) in [5.41, 5.74) is 1.05. The van der Waals surface area contributed by atoms with Crippen LogP contribution in [0.5, 0.6) is 0 Å². The molecule has 1 saturated heterocycles. The van der Waals surface area contributed by atoms with E-state index in [0.29, 0.717) is 36.7 Å². The van der Waals surface area contributed by atoms with Crippen molar-refractivity contribution in [3.05, 3.63) is 34.9 Å². The van der Waals surface area contributed by atoms with Gasteiger partial charge in [0, 0.05) is 30.9 Å². The summed E-state index contributed by atoms with van der Waals surface area (Å²) in [6.45, 7) is 0.886. The molecule has 2 amide bonds. The van der Waals surface area contributed by atoms with E-state index in [-0.39, 0.29) is 30.0 Å². The molecule has 0 spiro atoms. The molecule has 0 saturated carbocycles. The Morgan fingerprint density at radius 3 is 2.62 bits per heavy atom. The summed E-state index contributed by atoms with van der Waals surface area (Å²) >= 11 is 7.41. The summed E-state index contributed by atoms with van der Waals surface area (Å²) in [6, 6.07) is 7.50. The molecule has 2 rings (SSSR count). The Kier molecular flexibility index (Phi) is 7.78. The number of amides is 2. The number of carbonyl (C=O) groups excluding carboxylic acids is 2. The Bertz CT molecular complexity index is 662. The van der Waals surface area contributed by atoms with E-state index in [1.165, 1.54) is 16.7 Å². The van der Waals surface area contributed by atoms with Gasteiger partial charge in [0.1, 0.15) is 0 Å². The predicted octanol–water partition coefficient (Wildman–Crippen LogP) is 2.35. The third-order valence-electron chi connectivity index (χ3n) is 4.38. The summed E-state index contributed by atoms with van der Waals surface area (Å²) in [5, 5.41) is 9.67. The van der Waals surface area contributed by atoms with Crippen molar-refractivity contribution in [1.29, 1.82) is 0 Å². The Labute approximate surface area is 162 Å². The maximum absolute atomic E-state index is 12.3. The van der Waals surface area contributed by atoms with Crippen molar-refractivity contribution in [3.63, 3.8) is 0 Å². The molecule has 1 fully saturated rings. The van der Waals surface area contributed by atoms with Crippen molar-refractivity contribution in [2.45, 2.75) is 18.6 Å². The number of thioether (sulfide) groups is 1. The third kappa shape index (κ3) is 6.21. The number of carbonyl (C=O) groups is 3. The number of carboxylic acid groups (broad SMARTS) is 1. The lowest BCUT2D eigenvalue weighted by Gasteiger charge is -2.31. The van der Waals surface area contributed by atoms with E-state index in [1.807, 2.05) is 18.2 Å². The Morgan fingerprint density at radius 2 is 2.00 bits per heavy atom. The number of carboxylic acids is 1. The summed E-state index contributed by atoms with van der Waals surface area (Å²) in [5.74, 6) is -0.452. The van der Waals surface area contributed by atoms with Crippen molar-refractivity contribution in [3.8, 4) is 0 Å². The lowest BCUT2D eigenvalue weighted by atomic mass is 9.97. The number of nitrogens with zero attached hydrogens (tertiary/aromatic N) is 2. The van der Waals surface area contributed by atoms with Gasteiger partial charge in [0.15, 0.2) is 0 Å². The van der Waals surface area contributed by atoms with Crippen LogP contribution in [0, 0.1) is 5.92 Å². The topological polar surface area (TPSA) is 77.9 Å². The normalized spacial score (nSPS) is 14.9. The zero-order valence-corrected chi connectivity index (χ0v) is 16.3. The van der Waals surface area contributed by atoms with Crippen molar-refractivity contribution in [1.82, 2.24) is 9.80 Å². The number of likely N-dealkylation sites (N-methyl/N-ethyl adjacent to an activating group) is 1. The molecule has 0 atom stereocenters. The summed E-state index contributed by atoms with van der Waals surface area (Å²) < 4.78 is 0. The largest absolute Gasteiger partial charge is 0.481 e. The van der Waals surface area contributed by atoms with Crippen LogP contribution in [-0.2, 0) is 20.1 Å². The average molecular weight is 399 g/mol. The van der Waals surface area contributed by atoms with Gasteiger partial charge in [0.05, 0.1) is 18.2 Å². The van der Waals surface area contributed by atoms with Gasteiger partial charge in [-0.3, -0.25) is 14.4 Å². The van der Waals surface area contributed by atoms with Crippen LogP contribution < -0.4 is 0 Å². The Morgan fingerprint density at radius 1 is 1.31 bits per heavy atom. The average Bonchev–Trinajstić information content (AvgIpc) is 2.61. The van der Waals surface area contributed by atoms with Crippen molar-refractivity contribution >= 4 is 41.1 Å². The summed E-state index contributed by atoms with van der Waals surface area (Å²) in [6.07, 6.45) is 0.933. The molecule has 1 aromatic carbocycles. The molecule has 1 aromatic rings. The van der Waals surface area contributed by atoms with Gasteiger partial charge in [-0.15, -0.1) is 11.8 Å². The van der Waals surface area contributed by atoms with Crippen LogP contribution in [0.25, 0.3) is 0 Å². The second kappa shape index (κ2) is 9.83. The van der Waals surface area contributed by atoms with Crippen LogP contribution in [0.1, 0.15) is 18.4 Å². The number of benzene rings is 1. The molecule has 1 aliphatic rings. The van der Waals surface area contributed by atoms with E-state index in [1.54, 1.807) is 18.0 Å². The monoisotopic (exact) mass is 398 g/mol. The van der Waals surface area contributed by atoms with E-state index in [2.05, 4.69) is 0 Å². The van der Waals surface area contributed by atoms with Crippen LogP contribution in [0.3, 0.4) is 0 Å². The first kappa shape index (κ1) is 20.6. The van der Waals surface area contributed by atoms with Gasteiger partial charge in [-0.1, -0.05) is 23.7 Å². The van der Waals surface area contributed by atoms with E-state index < -0.39 is 5.97 Å². The zero-order valence-electron chi connectivity index (χ0n) is 14.7. The number of rotatable bonds is 7. The van der Waals surface area contributed by atoms with Gasteiger partial charge in [-0.2, -0.15) is 0 Å². The number of piperidine rings is 1. The number of aliphatic carboxylic acids is 1. The zero-order chi connectivity index (χ0) is 19.1. The maximum Gasteiger partial charge on any atom is 0.306 e. The highest BCUT2D eigenvalue weighted by molar-refractivity contribution is 7.99. The second-order valence-corrected chi connectivity index (χ2v) is 7.79. The van der Waals surface area contributed by atoms with Gasteiger partial charge >= 0.3 is 5.97 Å². The molecule has 6 nitrogen and oxygen atoms in total. The lowest BCUT2D eigenvalue weighted by Crippen LogP contribution is -2.45. The van der Waals surface area contributed by atoms with Crippen LogP contribution >= 0.6 is 23.4 Å². The highest BCUT2D eigenvalue weighted by Gasteiger charge is 2.27. The van der Waals surface area contributed by atoms with Gasteiger partial charge < -0.3 is 14.9 Å². The maximum atomic E-state index is 12.3. The Hall–Kier alpha value is -1.73. The van der Waals surface area contributed by atoms with Gasteiger partial charge in [0.25, 0.3) is 0 Å². The number of likely N-dealkylation sites (tertiary alicyclic amines) is 1. The number of hydrogen-bond donors (Lipinski definition) is 1. The van der Waals surface area contributed by atoms with E-state index >= 15 is 0 Å². The molecule has 26 heavy (non-hydrogen) atoms. The molecule has 0 radical (unpaired) electrons. The fourth-order valence-corrected chi connectivity index (χ4v) is 3.89. The quantitative estimate of drug-likeness (QED) is 0.762. The third-order valence-corrected chi connectivity index (χ3v) is 5.60. The minimum atomic E-state index is -0.805. The number of halogens is 1. The summed E-state index contributed by atoms with van der Waals surface area (Å²) in [4.78, 5) is 38.5. The fourth-order valence-electron chi connectivity index (χ4n) is 2.76. The predicted molar refractivity (Wildman–Crippen MR) is 102 cm³/mol. The van der Waals surface area contributed by atoms with Crippen LogP contribution in [0.2, 0.25) is 5.02 Å². The standard InChI is InChI=1S/C18H23ClN2O4S/c1-20(10-16(22)21-7-5-14(6-8-21)18(24)25)17(23)12-26-11-13-3-2-4-15(19)9-13/h2-4,9,14H,5-8,10-12H2,1H3,(H,24,25). The lowest BCUT2D eigenvalue weighted by molar-refractivity contribution is -0.146. The van der Waals surface area contributed by atoms with Gasteiger partial charge in [0.2, 0.25) is 11.8 Å². The van der Waals surface area contributed by atoms with Crippen LogP contribution in [0.4, 0.5) is 0 Å². The molecule has 1 aliphatic heterocycles. The molecule has 0 bridgehead atoms. The molecular formula is C18H23ClN2O4S. The SMILES string of the molecule is CN(CC(=O)N1CCC(C(=O)O)CC1)C(=O)CSCc1cccc(Cl)c1.